The molecule has 7 nitrogen and oxygen atoms in total. The average molecular weight is 545 g/mol. The van der Waals surface area contributed by atoms with E-state index in [1.54, 1.807) is 0 Å². The molecule has 0 aliphatic heterocycles. The predicted molar refractivity (Wildman–Crippen MR) is 155 cm³/mol. The Morgan fingerprint density at radius 1 is 0.342 bits per heavy atom. The average Bonchev–Trinajstić information content (AvgIpc) is 2.93. The lowest BCUT2D eigenvalue weighted by molar-refractivity contribution is -0.0197. The number of rotatable bonds is 34. The standard InChI is InChI=1S/C31H60O7/c1-3-5-6-7-8-9-10-11-12-13-14-15-16-17-19-33-21-23-35-25-27-37-29-31-38-30-28-36-26-24-34-22-20-32-18-4-2/h2H,3,5-31H2,1H3. The fraction of sp³-hybridized carbons (Fsp3) is 0.935. The monoisotopic (exact) mass is 544 g/mol. The van der Waals surface area contributed by atoms with E-state index in [0.717, 1.165) is 13.0 Å². The van der Waals surface area contributed by atoms with Gasteiger partial charge >= 0.3 is 0 Å². The van der Waals surface area contributed by atoms with Gasteiger partial charge in [-0.1, -0.05) is 96.3 Å². The molecule has 0 aromatic rings. The molecule has 7 heteroatoms. The number of hydrogen-bond acceptors (Lipinski definition) is 7. The second-order valence-electron chi connectivity index (χ2n) is 9.53. The van der Waals surface area contributed by atoms with Crippen molar-refractivity contribution in [1.29, 1.82) is 0 Å². The minimum atomic E-state index is 0.322. The Bertz CT molecular complexity index is 456. The minimum Gasteiger partial charge on any atom is -0.379 e. The van der Waals surface area contributed by atoms with Crippen LogP contribution in [0.25, 0.3) is 0 Å². The van der Waals surface area contributed by atoms with Gasteiger partial charge in [-0.15, -0.1) is 6.42 Å². The molecule has 0 aromatic carbocycles. The predicted octanol–water partition coefficient (Wildman–Crippen LogP) is 6.22. The molecule has 38 heavy (non-hydrogen) atoms. The lowest BCUT2D eigenvalue weighted by atomic mass is 10.0. The highest BCUT2D eigenvalue weighted by atomic mass is 16.6. The molecular weight excluding hydrogens is 484 g/mol. The fourth-order valence-electron chi connectivity index (χ4n) is 3.85. The van der Waals surface area contributed by atoms with Crippen LogP contribution in [0.15, 0.2) is 0 Å². The van der Waals surface area contributed by atoms with E-state index >= 15 is 0 Å². The van der Waals surface area contributed by atoms with Crippen LogP contribution >= 0.6 is 0 Å². The summed E-state index contributed by atoms with van der Waals surface area (Å²) in [4.78, 5) is 0. The maximum Gasteiger partial charge on any atom is 0.107 e. The molecule has 0 heterocycles. The Balaban J connectivity index is 3.01. The first-order valence-electron chi connectivity index (χ1n) is 15.4. The van der Waals surface area contributed by atoms with Crippen molar-refractivity contribution in [2.75, 3.05) is 92.5 Å². The number of hydrogen-bond donors (Lipinski definition) is 0. The Labute approximate surface area is 234 Å². The molecule has 0 fully saturated rings. The summed E-state index contributed by atoms with van der Waals surface area (Å²) >= 11 is 0. The first kappa shape index (κ1) is 37.3. The van der Waals surface area contributed by atoms with Crippen LogP contribution in [0.5, 0.6) is 0 Å². The van der Waals surface area contributed by atoms with Crippen molar-refractivity contribution in [3.8, 4) is 12.3 Å². The van der Waals surface area contributed by atoms with Crippen LogP contribution in [0.3, 0.4) is 0 Å². The van der Waals surface area contributed by atoms with E-state index in [9.17, 15) is 0 Å². The summed E-state index contributed by atoms with van der Waals surface area (Å²) in [6.07, 6.45) is 24.4. The van der Waals surface area contributed by atoms with Crippen LogP contribution in [0, 0.1) is 12.3 Å². The molecule has 0 saturated carbocycles. The number of unbranched alkanes of at least 4 members (excludes halogenated alkanes) is 13. The Hall–Kier alpha value is -0.720. The molecule has 0 aliphatic rings. The zero-order valence-electron chi connectivity index (χ0n) is 24.7. The third-order valence-electron chi connectivity index (χ3n) is 6.06. The molecule has 0 amide bonds. The van der Waals surface area contributed by atoms with Crippen molar-refractivity contribution < 1.29 is 33.2 Å². The molecule has 0 unspecified atom stereocenters. The van der Waals surface area contributed by atoms with E-state index in [2.05, 4.69) is 12.8 Å². The highest BCUT2D eigenvalue weighted by Crippen LogP contribution is 2.12. The second-order valence-corrected chi connectivity index (χ2v) is 9.53. The van der Waals surface area contributed by atoms with Crippen LogP contribution in [-0.2, 0) is 33.2 Å². The van der Waals surface area contributed by atoms with Crippen molar-refractivity contribution in [2.45, 2.75) is 96.8 Å². The molecule has 0 spiro atoms. The van der Waals surface area contributed by atoms with Crippen LogP contribution in [0.4, 0.5) is 0 Å². The molecule has 0 atom stereocenters. The molecule has 0 aromatic heterocycles. The summed E-state index contributed by atoms with van der Waals surface area (Å²) in [7, 11) is 0. The van der Waals surface area contributed by atoms with Gasteiger partial charge in [0.2, 0.25) is 0 Å². The van der Waals surface area contributed by atoms with E-state index in [0.29, 0.717) is 85.9 Å². The summed E-state index contributed by atoms with van der Waals surface area (Å²) < 4.78 is 38.0. The Kier molecular flexibility index (Phi) is 35.6. The van der Waals surface area contributed by atoms with Gasteiger partial charge in [-0.3, -0.25) is 0 Å². The zero-order valence-corrected chi connectivity index (χ0v) is 24.7. The van der Waals surface area contributed by atoms with Crippen molar-refractivity contribution >= 4 is 0 Å². The summed E-state index contributed by atoms with van der Waals surface area (Å²) in [5.74, 6) is 2.41. The SMILES string of the molecule is C#CCOCCOCCOCCOCCOCCOCCOCCCCCCCCCCCCCCCC. The highest BCUT2D eigenvalue weighted by molar-refractivity contribution is 4.82. The van der Waals surface area contributed by atoms with E-state index in [1.807, 2.05) is 0 Å². The lowest BCUT2D eigenvalue weighted by Crippen LogP contribution is -2.14. The summed E-state index contributed by atoms with van der Waals surface area (Å²) in [6, 6.07) is 0. The number of terminal acetylenes is 1. The van der Waals surface area contributed by atoms with Crippen molar-refractivity contribution in [1.82, 2.24) is 0 Å². The Morgan fingerprint density at radius 3 is 0.921 bits per heavy atom. The molecular formula is C31H60O7. The molecule has 0 saturated heterocycles. The Morgan fingerprint density at radius 2 is 0.605 bits per heavy atom. The van der Waals surface area contributed by atoms with Gasteiger partial charge in [0, 0.05) is 6.61 Å². The molecule has 0 rings (SSSR count). The fourth-order valence-corrected chi connectivity index (χ4v) is 3.85. The van der Waals surface area contributed by atoms with Crippen LogP contribution in [0.1, 0.15) is 96.8 Å². The maximum atomic E-state index is 5.66. The zero-order chi connectivity index (χ0) is 27.5. The van der Waals surface area contributed by atoms with Gasteiger partial charge in [0.05, 0.1) is 79.3 Å². The highest BCUT2D eigenvalue weighted by Gasteiger charge is 1.96. The molecule has 0 bridgehead atoms. The van der Waals surface area contributed by atoms with Gasteiger partial charge in [0.25, 0.3) is 0 Å². The van der Waals surface area contributed by atoms with Gasteiger partial charge < -0.3 is 33.2 Å². The number of ether oxygens (including phenoxy) is 7. The maximum absolute atomic E-state index is 5.66. The normalized spacial score (nSPS) is 11.3. The van der Waals surface area contributed by atoms with E-state index in [-0.39, 0.29) is 0 Å². The van der Waals surface area contributed by atoms with Gasteiger partial charge in [-0.25, -0.2) is 0 Å². The van der Waals surface area contributed by atoms with Gasteiger partial charge in [-0.05, 0) is 6.42 Å². The molecule has 226 valence electrons. The third kappa shape index (κ3) is 35.3. The van der Waals surface area contributed by atoms with Crippen molar-refractivity contribution in [2.24, 2.45) is 0 Å². The smallest absolute Gasteiger partial charge is 0.107 e. The van der Waals surface area contributed by atoms with Crippen molar-refractivity contribution in [3.05, 3.63) is 0 Å². The first-order chi connectivity index (χ1) is 18.9. The van der Waals surface area contributed by atoms with E-state index in [1.165, 1.54) is 83.5 Å². The molecule has 0 N–H and O–H groups in total. The van der Waals surface area contributed by atoms with Crippen molar-refractivity contribution in [3.63, 3.8) is 0 Å². The lowest BCUT2D eigenvalue weighted by Gasteiger charge is -2.08. The quantitative estimate of drug-likeness (QED) is 0.0704. The largest absolute Gasteiger partial charge is 0.379 e. The van der Waals surface area contributed by atoms with Gasteiger partial charge in [0.15, 0.2) is 0 Å². The van der Waals surface area contributed by atoms with Crippen LogP contribution in [0.2, 0.25) is 0 Å². The second kappa shape index (κ2) is 36.3. The summed E-state index contributed by atoms with van der Waals surface area (Å²) in [5, 5.41) is 0. The van der Waals surface area contributed by atoms with Gasteiger partial charge in [-0.2, -0.15) is 0 Å². The van der Waals surface area contributed by atoms with Crippen LogP contribution < -0.4 is 0 Å². The first-order valence-corrected chi connectivity index (χ1v) is 15.4. The minimum absolute atomic E-state index is 0.322. The van der Waals surface area contributed by atoms with Crippen LogP contribution in [-0.4, -0.2) is 92.5 Å². The summed E-state index contributed by atoms with van der Waals surface area (Å²) in [6.45, 7) is 10.2. The topological polar surface area (TPSA) is 64.6 Å². The third-order valence-corrected chi connectivity index (χ3v) is 6.06. The van der Waals surface area contributed by atoms with E-state index in [4.69, 9.17) is 39.6 Å². The molecule has 0 radical (unpaired) electrons. The van der Waals surface area contributed by atoms with E-state index < -0.39 is 0 Å². The molecule has 0 aliphatic carbocycles. The summed E-state index contributed by atoms with van der Waals surface area (Å²) in [5.41, 5.74) is 0. The van der Waals surface area contributed by atoms with Gasteiger partial charge in [0.1, 0.15) is 6.61 Å².